The molecule has 0 spiro atoms. The summed E-state index contributed by atoms with van der Waals surface area (Å²) < 4.78 is 1.60. The van der Waals surface area contributed by atoms with Crippen LogP contribution in [0.1, 0.15) is 44.4 Å². The van der Waals surface area contributed by atoms with Gasteiger partial charge in [-0.25, -0.2) is 4.68 Å². The number of nitrogens with zero attached hydrogens (tertiary/aromatic N) is 4. The number of benzene rings is 3. The van der Waals surface area contributed by atoms with Gasteiger partial charge in [-0.3, -0.25) is 14.5 Å². The standard InChI is InChI=1S/C29H33N5O2/c1-4-22-12-8-10-16-25(22)34(27(35)20-33-26-17-11-9-15-24(26)31-32-33)28(23-13-6-5-7-14-23)29(36)30-19-18-21(2)3/h5-17,21,28H,4,18-20H2,1-3H3,(H,30,36)/t28-/m1/s1. The average Bonchev–Trinajstić information content (AvgIpc) is 3.30. The minimum atomic E-state index is -0.826. The van der Waals surface area contributed by atoms with E-state index in [4.69, 9.17) is 0 Å². The van der Waals surface area contributed by atoms with Gasteiger partial charge in [-0.15, -0.1) is 5.10 Å². The number of fused-ring (bicyclic) bond motifs is 1. The van der Waals surface area contributed by atoms with E-state index in [1.807, 2.05) is 85.8 Å². The van der Waals surface area contributed by atoms with Crippen LogP contribution >= 0.6 is 0 Å². The van der Waals surface area contributed by atoms with Crippen molar-refractivity contribution in [2.24, 2.45) is 5.92 Å². The third-order valence-electron chi connectivity index (χ3n) is 6.25. The van der Waals surface area contributed by atoms with Crippen LogP contribution in [0.5, 0.6) is 0 Å². The van der Waals surface area contributed by atoms with E-state index in [0.717, 1.165) is 40.7 Å². The van der Waals surface area contributed by atoms with E-state index in [-0.39, 0.29) is 18.4 Å². The summed E-state index contributed by atoms with van der Waals surface area (Å²) in [5.41, 5.74) is 3.96. The molecule has 0 saturated carbocycles. The normalized spacial score (nSPS) is 12.0. The van der Waals surface area contributed by atoms with Crippen LogP contribution < -0.4 is 10.2 Å². The number of amides is 2. The van der Waals surface area contributed by atoms with Crippen LogP contribution in [-0.4, -0.2) is 33.4 Å². The number of nitrogens with one attached hydrogen (secondary N) is 1. The molecule has 0 aliphatic heterocycles. The molecule has 186 valence electrons. The first kappa shape index (κ1) is 25.1. The highest BCUT2D eigenvalue weighted by Gasteiger charge is 2.34. The second kappa shape index (κ2) is 11.6. The lowest BCUT2D eigenvalue weighted by atomic mass is 10.0. The number of rotatable bonds is 10. The zero-order chi connectivity index (χ0) is 25.5. The van der Waals surface area contributed by atoms with Crippen molar-refractivity contribution < 1.29 is 9.59 Å². The summed E-state index contributed by atoms with van der Waals surface area (Å²) in [7, 11) is 0. The molecular formula is C29H33N5O2. The Kier molecular flexibility index (Phi) is 8.10. The van der Waals surface area contributed by atoms with E-state index < -0.39 is 6.04 Å². The van der Waals surface area contributed by atoms with Gasteiger partial charge in [0.05, 0.1) is 5.52 Å². The van der Waals surface area contributed by atoms with Gasteiger partial charge in [-0.1, -0.05) is 86.6 Å². The van der Waals surface area contributed by atoms with Gasteiger partial charge in [-0.05, 0) is 48.1 Å². The monoisotopic (exact) mass is 483 g/mol. The van der Waals surface area contributed by atoms with Crippen molar-refractivity contribution >= 4 is 28.5 Å². The molecule has 0 saturated heterocycles. The maximum atomic E-state index is 14.1. The Balaban J connectivity index is 1.78. The largest absolute Gasteiger partial charge is 0.354 e. The Morgan fingerprint density at radius 1 is 0.944 bits per heavy atom. The molecule has 1 N–H and O–H groups in total. The first-order valence-corrected chi connectivity index (χ1v) is 12.5. The molecular weight excluding hydrogens is 450 g/mol. The van der Waals surface area contributed by atoms with Crippen LogP contribution in [0, 0.1) is 5.92 Å². The van der Waals surface area contributed by atoms with Crippen LogP contribution in [0.2, 0.25) is 0 Å². The van der Waals surface area contributed by atoms with Crippen molar-refractivity contribution in [2.45, 2.75) is 46.2 Å². The first-order valence-electron chi connectivity index (χ1n) is 12.5. The number of anilines is 1. The van der Waals surface area contributed by atoms with Crippen LogP contribution in [0.15, 0.2) is 78.9 Å². The number of hydrogen-bond acceptors (Lipinski definition) is 4. The highest BCUT2D eigenvalue weighted by atomic mass is 16.2. The predicted octanol–water partition coefficient (Wildman–Crippen LogP) is 4.93. The van der Waals surface area contributed by atoms with E-state index >= 15 is 0 Å². The van der Waals surface area contributed by atoms with Gasteiger partial charge in [0.15, 0.2) is 0 Å². The van der Waals surface area contributed by atoms with Gasteiger partial charge in [-0.2, -0.15) is 0 Å². The SMILES string of the molecule is CCc1ccccc1N(C(=O)Cn1nnc2ccccc21)[C@@H](C(=O)NCCC(C)C)c1ccccc1. The minimum Gasteiger partial charge on any atom is -0.354 e. The maximum Gasteiger partial charge on any atom is 0.249 e. The fourth-order valence-corrected chi connectivity index (χ4v) is 4.33. The molecule has 7 heteroatoms. The maximum absolute atomic E-state index is 14.1. The third-order valence-corrected chi connectivity index (χ3v) is 6.25. The van der Waals surface area contributed by atoms with Gasteiger partial charge in [0.1, 0.15) is 18.1 Å². The highest BCUT2D eigenvalue weighted by molar-refractivity contribution is 6.02. The molecule has 0 radical (unpaired) electrons. The van der Waals surface area contributed by atoms with Gasteiger partial charge >= 0.3 is 0 Å². The van der Waals surface area contributed by atoms with Gasteiger partial charge < -0.3 is 5.32 Å². The first-order chi connectivity index (χ1) is 17.5. The average molecular weight is 484 g/mol. The van der Waals surface area contributed by atoms with Gasteiger partial charge in [0.25, 0.3) is 0 Å². The van der Waals surface area contributed by atoms with E-state index in [9.17, 15) is 9.59 Å². The fraction of sp³-hybridized carbons (Fsp3) is 0.310. The summed E-state index contributed by atoms with van der Waals surface area (Å²) in [6.07, 6.45) is 1.58. The number of carbonyl (C=O) groups is 2. The van der Waals surface area contributed by atoms with E-state index in [1.165, 1.54) is 0 Å². The summed E-state index contributed by atoms with van der Waals surface area (Å²) >= 11 is 0. The molecule has 0 aliphatic carbocycles. The number of para-hydroxylation sites is 2. The lowest BCUT2D eigenvalue weighted by Gasteiger charge is -2.33. The number of aryl methyl sites for hydroxylation is 1. The third kappa shape index (κ3) is 5.62. The lowest BCUT2D eigenvalue weighted by molar-refractivity contribution is -0.127. The minimum absolute atomic E-state index is 0.0405. The van der Waals surface area contributed by atoms with E-state index in [0.29, 0.717) is 12.5 Å². The topological polar surface area (TPSA) is 80.1 Å². The Morgan fingerprint density at radius 2 is 1.64 bits per heavy atom. The summed E-state index contributed by atoms with van der Waals surface area (Å²) in [5.74, 6) is 0.0172. The van der Waals surface area contributed by atoms with Crippen LogP contribution in [-0.2, 0) is 22.6 Å². The van der Waals surface area contributed by atoms with Crippen molar-refractivity contribution in [3.05, 3.63) is 90.0 Å². The summed E-state index contributed by atoms with van der Waals surface area (Å²) in [5, 5.41) is 11.5. The van der Waals surface area contributed by atoms with Crippen LogP contribution in [0.3, 0.4) is 0 Å². The lowest BCUT2D eigenvalue weighted by Crippen LogP contribution is -2.46. The molecule has 0 bridgehead atoms. The molecule has 0 unspecified atom stereocenters. The van der Waals surface area contributed by atoms with E-state index in [1.54, 1.807) is 9.58 Å². The number of carbonyl (C=O) groups excluding carboxylic acids is 2. The molecule has 0 fully saturated rings. The zero-order valence-electron chi connectivity index (χ0n) is 21.1. The molecule has 0 aliphatic rings. The number of hydrogen-bond donors (Lipinski definition) is 1. The summed E-state index contributed by atoms with van der Waals surface area (Å²) in [6, 6.07) is 24.0. The molecule has 1 aromatic heterocycles. The Hall–Kier alpha value is -4.00. The fourth-order valence-electron chi connectivity index (χ4n) is 4.33. The number of aromatic nitrogens is 3. The quantitative estimate of drug-likeness (QED) is 0.347. The second-order valence-electron chi connectivity index (χ2n) is 9.27. The molecule has 4 rings (SSSR count). The zero-order valence-corrected chi connectivity index (χ0v) is 21.1. The van der Waals surface area contributed by atoms with E-state index in [2.05, 4.69) is 29.5 Å². The van der Waals surface area contributed by atoms with Crippen molar-refractivity contribution in [3.63, 3.8) is 0 Å². The Morgan fingerprint density at radius 3 is 2.39 bits per heavy atom. The predicted molar refractivity (Wildman–Crippen MR) is 142 cm³/mol. The van der Waals surface area contributed by atoms with Gasteiger partial charge in [0, 0.05) is 12.2 Å². The summed E-state index contributed by atoms with van der Waals surface area (Å²) in [4.78, 5) is 29.4. The van der Waals surface area contributed by atoms with Crippen molar-refractivity contribution in [3.8, 4) is 0 Å². The molecule has 2 amide bonds. The van der Waals surface area contributed by atoms with Crippen molar-refractivity contribution in [2.75, 3.05) is 11.4 Å². The van der Waals surface area contributed by atoms with Crippen LogP contribution in [0.25, 0.3) is 11.0 Å². The Bertz CT molecular complexity index is 1320. The highest BCUT2D eigenvalue weighted by Crippen LogP contribution is 2.31. The van der Waals surface area contributed by atoms with Crippen LogP contribution in [0.4, 0.5) is 5.69 Å². The van der Waals surface area contributed by atoms with Crippen molar-refractivity contribution in [1.29, 1.82) is 0 Å². The van der Waals surface area contributed by atoms with Crippen molar-refractivity contribution in [1.82, 2.24) is 20.3 Å². The van der Waals surface area contributed by atoms with Gasteiger partial charge in [0.2, 0.25) is 11.8 Å². The smallest absolute Gasteiger partial charge is 0.249 e. The molecule has 4 aromatic rings. The molecule has 3 aromatic carbocycles. The second-order valence-corrected chi connectivity index (χ2v) is 9.27. The summed E-state index contributed by atoms with van der Waals surface area (Å²) in [6.45, 7) is 6.80. The molecule has 36 heavy (non-hydrogen) atoms. The molecule has 7 nitrogen and oxygen atoms in total. The molecule has 1 heterocycles. The molecule has 1 atom stereocenters. The Labute approximate surface area is 212 Å².